The van der Waals surface area contributed by atoms with Gasteiger partial charge in [0.05, 0.1) is 0 Å². The summed E-state index contributed by atoms with van der Waals surface area (Å²) >= 11 is 0. The molecule has 0 atom stereocenters. The van der Waals surface area contributed by atoms with Crippen LogP contribution in [0.3, 0.4) is 0 Å². The normalized spacial score (nSPS) is 14.9. The minimum Gasteiger partial charge on any atom is -0.408 e. The van der Waals surface area contributed by atoms with Crippen LogP contribution in [0.2, 0.25) is 0 Å². The number of amides is 1. The zero-order valence-corrected chi connectivity index (χ0v) is 12.5. The average molecular weight is 357 g/mol. The molecule has 1 amide bonds. The third kappa shape index (κ3) is 4.41. The molecule has 128 valence electrons. The van der Waals surface area contributed by atoms with Crippen molar-refractivity contribution in [1.82, 2.24) is 10.2 Å². The Labute approximate surface area is 127 Å². The molecule has 1 heterocycles. The zero-order chi connectivity index (χ0) is 17.4. The van der Waals surface area contributed by atoms with Gasteiger partial charge in [-0.2, -0.15) is 0 Å². The average Bonchev–Trinajstić information content (AvgIpc) is 2.84. The summed E-state index contributed by atoms with van der Waals surface area (Å²) in [5.74, 6) is -0.565. The highest BCUT2D eigenvalue weighted by Gasteiger charge is 2.65. The van der Waals surface area contributed by atoms with Gasteiger partial charge in [0.25, 0.3) is 5.91 Å². The lowest BCUT2D eigenvalue weighted by atomic mass is 10.2. The van der Waals surface area contributed by atoms with Gasteiger partial charge >= 0.3 is 16.2 Å². The third-order valence-corrected chi connectivity index (χ3v) is 3.88. The maximum absolute atomic E-state index is 12.6. The highest BCUT2D eigenvalue weighted by molar-refractivity contribution is 8.45. The SMILES string of the molecule is CCCc1nnc(NC(=O)c2ccc(S(F)(F)(F)(F)F)cc2)o1. The van der Waals surface area contributed by atoms with Crippen molar-refractivity contribution in [2.45, 2.75) is 24.7 Å². The Hall–Kier alpha value is -2.17. The van der Waals surface area contributed by atoms with Crippen LogP contribution >= 0.6 is 10.2 Å². The molecule has 0 saturated heterocycles. The number of aromatic nitrogens is 2. The number of anilines is 1. The van der Waals surface area contributed by atoms with Crippen LogP contribution in [0.15, 0.2) is 33.6 Å². The van der Waals surface area contributed by atoms with E-state index in [9.17, 15) is 24.2 Å². The molecule has 0 aliphatic carbocycles. The highest BCUT2D eigenvalue weighted by Crippen LogP contribution is 3.02. The standard InChI is InChI=1S/C12H12F5N3O2S/c1-2-3-10-19-20-12(22-10)18-11(21)8-4-6-9(7-5-8)23(13,14,15,16)17/h4-7H,2-3H2,1H3,(H,18,20,21). The first-order valence-corrected chi connectivity index (χ1v) is 8.32. The fraction of sp³-hybridized carbons (Fsp3) is 0.250. The van der Waals surface area contributed by atoms with Gasteiger partial charge in [-0.15, -0.1) is 5.10 Å². The summed E-state index contributed by atoms with van der Waals surface area (Å²) in [7, 11) is -9.75. The molecule has 5 nitrogen and oxygen atoms in total. The van der Waals surface area contributed by atoms with E-state index >= 15 is 0 Å². The van der Waals surface area contributed by atoms with Gasteiger partial charge in [-0.1, -0.05) is 31.5 Å². The van der Waals surface area contributed by atoms with E-state index in [0.29, 0.717) is 24.4 Å². The number of hydrogen-bond donors (Lipinski definition) is 1. The van der Waals surface area contributed by atoms with Crippen LogP contribution < -0.4 is 5.32 Å². The van der Waals surface area contributed by atoms with Crippen LogP contribution in [-0.2, 0) is 6.42 Å². The number of halogens is 5. The second kappa shape index (κ2) is 4.91. The fourth-order valence-corrected chi connectivity index (χ4v) is 2.30. The van der Waals surface area contributed by atoms with Crippen molar-refractivity contribution < 1.29 is 28.6 Å². The number of nitrogens with zero attached hydrogens (tertiary/aromatic N) is 2. The Balaban J connectivity index is 2.15. The predicted octanol–water partition coefficient (Wildman–Crippen LogP) is 4.93. The molecule has 0 fully saturated rings. The molecule has 0 bridgehead atoms. The van der Waals surface area contributed by atoms with E-state index < -0.39 is 21.0 Å². The van der Waals surface area contributed by atoms with Crippen molar-refractivity contribution in [2.24, 2.45) is 0 Å². The van der Waals surface area contributed by atoms with Crippen LogP contribution in [0.4, 0.5) is 25.4 Å². The summed E-state index contributed by atoms with van der Waals surface area (Å²) in [6, 6.07) is 1.38. The first kappa shape index (κ1) is 17.2. The van der Waals surface area contributed by atoms with Gasteiger partial charge in [-0.05, 0) is 30.7 Å². The second-order valence-electron chi connectivity index (χ2n) is 4.70. The third-order valence-electron chi connectivity index (χ3n) is 2.71. The van der Waals surface area contributed by atoms with Crippen molar-refractivity contribution >= 4 is 22.1 Å². The molecule has 1 aromatic carbocycles. The Morgan fingerprint density at radius 3 is 2.26 bits per heavy atom. The molecule has 11 heteroatoms. The van der Waals surface area contributed by atoms with Crippen LogP contribution in [0.5, 0.6) is 0 Å². The van der Waals surface area contributed by atoms with Crippen molar-refractivity contribution in [3.8, 4) is 0 Å². The van der Waals surface area contributed by atoms with Gasteiger partial charge in [-0.3, -0.25) is 10.1 Å². The van der Waals surface area contributed by atoms with E-state index in [4.69, 9.17) is 4.42 Å². The topological polar surface area (TPSA) is 68.0 Å². The maximum atomic E-state index is 12.6. The summed E-state index contributed by atoms with van der Waals surface area (Å²) in [6.45, 7) is 1.88. The van der Waals surface area contributed by atoms with Gasteiger partial charge in [-0.25, -0.2) is 0 Å². The molecule has 0 unspecified atom stereocenters. The number of benzene rings is 1. The first-order valence-electron chi connectivity index (χ1n) is 6.37. The number of rotatable bonds is 5. The Kier molecular flexibility index (Phi) is 3.67. The summed E-state index contributed by atoms with van der Waals surface area (Å²) < 4.78 is 67.9. The molecule has 0 spiro atoms. The van der Waals surface area contributed by atoms with E-state index in [-0.39, 0.29) is 23.7 Å². The monoisotopic (exact) mass is 357 g/mol. The van der Waals surface area contributed by atoms with Crippen molar-refractivity contribution in [3.05, 3.63) is 35.7 Å². The highest BCUT2D eigenvalue weighted by atomic mass is 32.5. The summed E-state index contributed by atoms with van der Waals surface area (Å²) in [4.78, 5) is 9.74. The van der Waals surface area contributed by atoms with Gasteiger partial charge in [0, 0.05) is 12.0 Å². The molecule has 2 aromatic rings. The van der Waals surface area contributed by atoms with Gasteiger partial charge in [0.1, 0.15) is 4.90 Å². The van der Waals surface area contributed by atoms with Crippen LogP contribution in [-0.4, -0.2) is 16.1 Å². The molecule has 1 N–H and O–H groups in total. The lowest BCUT2D eigenvalue weighted by Gasteiger charge is -2.40. The number of nitrogens with one attached hydrogen (secondary N) is 1. The van der Waals surface area contributed by atoms with E-state index in [1.165, 1.54) is 0 Å². The van der Waals surface area contributed by atoms with E-state index in [1.54, 1.807) is 0 Å². The molecule has 0 saturated carbocycles. The number of aryl methyl sites for hydroxylation is 1. The van der Waals surface area contributed by atoms with Gasteiger partial charge < -0.3 is 4.42 Å². The molecular formula is C12H12F5N3O2S. The summed E-state index contributed by atoms with van der Waals surface area (Å²) in [6.07, 6.45) is 1.24. The fourth-order valence-electron chi connectivity index (χ4n) is 1.65. The van der Waals surface area contributed by atoms with Crippen molar-refractivity contribution in [2.75, 3.05) is 5.32 Å². The Morgan fingerprint density at radius 2 is 1.74 bits per heavy atom. The first-order chi connectivity index (χ1) is 10.4. The smallest absolute Gasteiger partial charge is 0.322 e. The van der Waals surface area contributed by atoms with E-state index in [2.05, 4.69) is 15.5 Å². The number of carbonyl (C=O) groups excluding carboxylic acids is 1. The minimum absolute atomic E-state index is 0.160. The molecule has 1 aromatic heterocycles. The largest absolute Gasteiger partial charge is 0.408 e. The van der Waals surface area contributed by atoms with Crippen LogP contribution in [0, 0.1) is 0 Å². The molecule has 2 rings (SSSR count). The minimum atomic E-state index is -9.75. The zero-order valence-electron chi connectivity index (χ0n) is 11.7. The van der Waals surface area contributed by atoms with Crippen LogP contribution in [0.25, 0.3) is 0 Å². The number of hydrogen-bond acceptors (Lipinski definition) is 4. The summed E-state index contributed by atoms with van der Waals surface area (Å²) in [5, 5.41) is 9.35. The molecular weight excluding hydrogens is 345 g/mol. The molecule has 0 aliphatic heterocycles. The van der Waals surface area contributed by atoms with Gasteiger partial charge in [0.15, 0.2) is 0 Å². The van der Waals surface area contributed by atoms with E-state index in [0.717, 1.165) is 6.42 Å². The molecule has 23 heavy (non-hydrogen) atoms. The maximum Gasteiger partial charge on any atom is 0.322 e. The predicted molar refractivity (Wildman–Crippen MR) is 74.1 cm³/mol. The summed E-state index contributed by atoms with van der Waals surface area (Å²) in [5.41, 5.74) is -0.258. The van der Waals surface area contributed by atoms with E-state index in [1.807, 2.05) is 6.92 Å². The number of carbonyl (C=O) groups is 1. The lowest BCUT2D eigenvalue weighted by molar-refractivity contribution is 0.102. The van der Waals surface area contributed by atoms with Gasteiger partial charge in [0.2, 0.25) is 5.89 Å². The van der Waals surface area contributed by atoms with Crippen molar-refractivity contribution in [1.29, 1.82) is 0 Å². The molecule has 0 aliphatic rings. The molecule has 0 radical (unpaired) electrons. The Bertz CT molecular complexity index is 727. The lowest BCUT2D eigenvalue weighted by Crippen LogP contribution is -2.13. The van der Waals surface area contributed by atoms with Crippen LogP contribution in [0.1, 0.15) is 29.6 Å². The second-order valence-corrected chi connectivity index (χ2v) is 7.11. The Morgan fingerprint density at radius 1 is 1.13 bits per heavy atom. The van der Waals surface area contributed by atoms with Crippen molar-refractivity contribution in [3.63, 3.8) is 0 Å². The quantitative estimate of drug-likeness (QED) is 0.770.